The summed E-state index contributed by atoms with van der Waals surface area (Å²) in [6.45, 7) is 4.94. The molecule has 6 heteroatoms. The number of ether oxygens (including phenoxy) is 2. The van der Waals surface area contributed by atoms with Crippen LogP contribution in [0.1, 0.15) is 10.4 Å². The molecule has 6 nitrogen and oxygen atoms in total. The maximum atomic E-state index is 13.0. The first kappa shape index (κ1) is 21.2. The highest BCUT2D eigenvalue weighted by atomic mass is 16.5. The van der Waals surface area contributed by atoms with Crippen LogP contribution in [0.3, 0.4) is 0 Å². The molecule has 168 valence electrons. The Balaban J connectivity index is 1.32. The van der Waals surface area contributed by atoms with E-state index < -0.39 is 0 Å². The number of fused-ring (bicyclic) bond motifs is 1. The lowest BCUT2D eigenvalue weighted by molar-refractivity contribution is 0.0323. The number of aromatic nitrogens is 1. The van der Waals surface area contributed by atoms with Gasteiger partial charge >= 0.3 is 0 Å². The van der Waals surface area contributed by atoms with Crippen molar-refractivity contribution in [1.82, 2.24) is 9.47 Å². The Hall–Kier alpha value is -3.61. The monoisotopic (exact) mass is 441 g/mol. The number of morpholine rings is 1. The van der Waals surface area contributed by atoms with Crippen LogP contribution in [-0.4, -0.2) is 54.8 Å². The number of benzene rings is 3. The molecule has 33 heavy (non-hydrogen) atoms. The molecule has 1 aliphatic rings. The molecule has 2 heterocycles. The molecule has 4 aromatic rings. The lowest BCUT2D eigenvalue weighted by atomic mass is 10.1. The second-order valence-corrected chi connectivity index (χ2v) is 8.05. The van der Waals surface area contributed by atoms with Crippen LogP contribution in [0, 0.1) is 0 Å². The summed E-state index contributed by atoms with van der Waals surface area (Å²) in [6, 6.07) is 23.4. The van der Waals surface area contributed by atoms with Crippen LogP contribution in [0.4, 0.5) is 5.69 Å². The zero-order valence-corrected chi connectivity index (χ0v) is 18.4. The Labute approximate surface area is 193 Å². The molecule has 1 aromatic heterocycles. The quantitative estimate of drug-likeness (QED) is 0.456. The van der Waals surface area contributed by atoms with Crippen molar-refractivity contribution in [1.29, 1.82) is 0 Å². The minimum absolute atomic E-state index is 0.143. The van der Waals surface area contributed by atoms with Crippen LogP contribution in [0.2, 0.25) is 0 Å². The molecule has 0 unspecified atom stereocenters. The minimum atomic E-state index is -0.143. The second-order valence-electron chi connectivity index (χ2n) is 8.05. The number of nitrogens with zero attached hydrogens (tertiary/aromatic N) is 2. The van der Waals surface area contributed by atoms with Crippen molar-refractivity contribution >= 4 is 22.4 Å². The third kappa shape index (κ3) is 4.92. The van der Waals surface area contributed by atoms with E-state index in [-0.39, 0.29) is 5.91 Å². The summed E-state index contributed by atoms with van der Waals surface area (Å²) >= 11 is 0. The predicted octanol–water partition coefficient (Wildman–Crippen LogP) is 4.59. The average molecular weight is 442 g/mol. The summed E-state index contributed by atoms with van der Waals surface area (Å²) in [5, 5.41) is 5.02. The molecular formula is C27H27N3O3. The van der Waals surface area contributed by atoms with Gasteiger partial charge in [0.2, 0.25) is 0 Å². The van der Waals surface area contributed by atoms with Crippen molar-refractivity contribution in [2.45, 2.75) is 0 Å². The molecule has 3 aromatic carbocycles. The van der Waals surface area contributed by atoms with E-state index in [2.05, 4.69) is 10.2 Å². The Morgan fingerprint density at radius 1 is 0.909 bits per heavy atom. The van der Waals surface area contributed by atoms with Gasteiger partial charge in [0.05, 0.1) is 13.2 Å². The zero-order chi connectivity index (χ0) is 22.5. The van der Waals surface area contributed by atoms with Crippen LogP contribution in [0.25, 0.3) is 16.5 Å². The number of hydrogen-bond acceptors (Lipinski definition) is 4. The lowest BCUT2D eigenvalue weighted by Crippen LogP contribution is -2.38. The number of amides is 1. The van der Waals surface area contributed by atoms with Gasteiger partial charge in [-0.2, -0.15) is 0 Å². The standard InChI is InChI=1S/C27H27N3O3/c31-27(21-6-5-7-22(20-21)30-12-3-4-13-30)28-25-10-11-26(24-9-2-1-8-23(24)25)33-19-16-29-14-17-32-18-15-29/h1-13,20H,14-19H2,(H,28,31). The molecular weight excluding hydrogens is 414 g/mol. The van der Waals surface area contributed by atoms with Gasteiger partial charge in [0.25, 0.3) is 5.91 Å². The first-order valence-corrected chi connectivity index (χ1v) is 11.3. The van der Waals surface area contributed by atoms with Crippen LogP contribution >= 0.6 is 0 Å². The molecule has 0 spiro atoms. The third-order valence-electron chi connectivity index (χ3n) is 5.91. The first-order chi connectivity index (χ1) is 16.3. The fourth-order valence-electron chi connectivity index (χ4n) is 4.12. The predicted molar refractivity (Wildman–Crippen MR) is 130 cm³/mol. The van der Waals surface area contributed by atoms with E-state index in [1.165, 1.54) is 0 Å². The fourth-order valence-corrected chi connectivity index (χ4v) is 4.12. The van der Waals surface area contributed by atoms with Crippen LogP contribution in [0.5, 0.6) is 5.75 Å². The van der Waals surface area contributed by atoms with Crippen LogP contribution < -0.4 is 10.1 Å². The summed E-state index contributed by atoms with van der Waals surface area (Å²) in [4.78, 5) is 15.4. The summed E-state index contributed by atoms with van der Waals surface area (Å²) in [6.07, 6.45) is 3.92. The molecule has 0 saturated carbocycles. The molecule has 1 aliphatic heterocycles. The maximum absolute atomic E-state index is 13.0. The zero-order valence-electron chi connectivity index (χ0n) is 18.4. The molecule has 1 saturated heterocycles. The maximum Gasteiger partial charge on any atom is 0.255 e. The summed E-state index contributed by atoms with van der Waals surface area (Å²) in [5.74, 6) is 0.682. The number of hydrogen-bond donors (Lipinski definition) is 1. The van der Waals surface area contributed by atoms with Crippen LogP contribution in [0.15, 0.2) is 85.2 Å². The van der Waals surface area contributed by atoms with Crippen molar-refractivity contribution in [3.63, 3.8) is 0 Å². The van der Waals surface area contributed by atoms with E-state index in [0.29, 0.717) is 12.2 Å². The number of carbonyl (C=O) groups is 1. The van der Waals surface area contributed by atoms with Gasteiger partial charge in [-0.05, 0) is 42.5 Å². The fraction of sp³-hybridized carbons (Fsp3) is 0.222. The molecule has 1 fully saturated rings. The lowest BCUT2D eigenvalue weighted by Gasteiger charge is -2.26. The third-order valence-corrected chi connectivity index (χ3v) is 5.91. The van der Waals surface area contributed by atoms with Crippen molar-refractivity contribution in [3.05, 3.63) is 90.8 Å². The highest BCUT2D eigenvalue weighted by Crippen LogP contribution is 2.32. The van der Waals surface area contributed by atoms with E-state index in [0.717, 1.165) is 60.7 Å². The Kier molecular flexibility index (Phi) is 6.37. The van der Waals surface area contributed by atoms with Crippen molar-refractivity contribution in [2.75, 3.05) is 44.8 Å². The SMILES string of the molecule is O=C(Nc1ccc(OCCN2CCOCC2)c2ccccc12)c1cccc(-n2cccc2)c1. The number of carbonyl (C=O) groups excluding carboxylic acids is 1. The molecule has 5 rings (SSSR count). The van der Waals surface area contributed by atoms with Gasteiger partial charge < -0.3 is 19.4 Å². The highest BCUT2D eigenvalue weighted by Gasteiger charge is 2.13. The van der Waals surface area contributed by atoms with E-state index in [1.54, 1.807) is 0 Å². The molecule has 0 atom stereocenters. The van der Waals surface area contributed by atoms with Gasteiger partial charge in [-0.1, -0.05) is 30.3 Å². The van der Waals surface area contributed by atoms with Gasteiger partial charge in [0, 0.05) is 59.7 Å². The smallest absolute Gasteiger partial charge is 0.255 e. The van der Waals surface area contributed by atoms with Crippen LogP contribution in [-0.2, 0) is 4.74 Å². The van der Waals surface area contributed by atoms with E-state index in [9.17, 15) is 4.79 Å². The molecule has 0 aliphatic carbocycles. The number of anilines is 1. The normalized spacial score (nSPS) is 14.3. The Morgan fingerprint density at radius 3 is 2.52 bits per heavy atom. The molecule has 1 amide bonds. The first-order valence-electron chi connectivity index (χ1n) is 11.3. The highest BCUT2D eigenvalue weighted by molar-refractivity contribution is 6.10. The van der Waals surface area contributed by atoms with Gasteiger partial charge in [-0.3, -0.25) is 9.69 Å². The van der Waals surface area contributed by atoms with E-state index >= 15 is 0 Å². The molecule has 0 bridgehead atoms. The largest absolute Gasteiger partial charge is 0.492 e. The van der Waals surface area contributed by atoms with Crippen molar-refractivity contribution in [2.24, 2.45) is 0 Å². The average Bonchev–Trinajstić information content (AvgIpc) is 3.41. The summed E-state index contributed by atoms with van der Waals surface area (Å²) in [5.41, 5.74) is 2.32. The van der Waals surface area contributed by atoms with Gasteiger partial charge in [-0.15, -0.1) is 0 Å². The number of nitrogens with one attached hydrogen (secondary N) is 1. The second kappa shape index (κ2) is 9.90. The summed E-state index contributed by atoms with van der Waals surface area (Å²) in [7, 11) is 0. The summed E-state index contributed by atoms with van der Waals surface area (Å²) < 4.78 is 13.5. The molecule has 0 radical (unpaired) electrons. The molecule has 1 N–H and O–H groups in total. The minimum Gasteiger partial charge on any atom is -0.492 e. The van der Waals surface area contributed by atoms with Gasteiger partial charge in [0.15, 0.2) is 0 Å². The van der Waals surface area contributed by atoms with E-state index in [1.807, 2.05) is 89.8 Å². The number of rotatable bonds is 7. The Bertz CT molecular complexity index is 1230. The van der Waals surface area contributed by atoms with Gasteiger partial charge in [0.1, 0.15) is 12.4 Å². The van der Waals surface area contributed by atoms with E-state index in [4.69, 9.17) is 9.47 Å². The van der Waals surface area contributed by atoms with Crippen molar-refractivity contribution < 1.29 is 14.3 Å². The Morgan fingerprint density at radius 2 is 1.70 bits per heavy atom. The topological polar surface area (TPSA) is 55.7 Å². The van der Waals surface area contributed by atoms with Crippen molar-refractivity contribution in [3.8, 4) is 11.4 Å². The van der Waals surface area contributed by atoms with Gasteiger partial charge in [-0.25, -0.2) is 0 Å².